The van der Waals surface area contributed by atoms with Crippen LogP contribution in [-0.2, 0) is 11.3 Å². The van der Waals surface area contributed by atoms with E-state index in [0.717, 1.165) is 16.9 Å². The average molecular weight is 275 g/mol. The fourth-order valence-electron chi connectivity index (χ4n) is 1.90. The lowest BCUT2D eigenvalue weighted by atomic mass is 10.2. The summed E-state index contributed by atoms with van der Waals surface area (Å²) in [4.78, 5) is 11.4. The second-order valence-electron chi connectivity index (χ2n) is 4.53. The van der Waals surface area contributed by atoms with Gasteiger partial charge in [-0.3, -0.25) is 0 Å². The van der Waals surface area contributed by atoms with E-state index in [1.54, 1.807) is 19.1 Å². The van der Waals surface area contributed by atoms with Crippen LogP contribution >= 0.6 is 0 Å². The summed E-state index contributed by atoms with van der Waals surface area (Å²) < 4.78 is 15.7. The molecule has 1 heterocycles. The molecule has 0 saturated heterocycles. The lowest BCUT2D eigenvalue weighted by molar-refractivity contribution is 0.0560. The number of anilines is 1. The maximum absolute atomic E-state index is 11.4. The molecule has 0 amide bonds. The van der Waals surface area contributed by atoms with E-state index in [-0.39, 0.29) is 12.4 Å². The Balaban J connectivity index is 2.09. The molecule has 0 spiro atoms. The van der Waals surface area contributed by atoms with Gasteiger partial charge in [-0.05, 0) is 43.7 Å². The van der Waals surface area contributed by atoms with Gasteiger partial charge in [0, 0.05) is 11.3 Å². The Labute approximate surface area is 117 Å². The predicted molar refractivity (Wildman–Crippen MR) is 74.7 cm³/mol. The Morgan fingerprint density at radius 3 is 2.65 bits per heavy atom. The van der Waals surface area contributed by atoms with Crippen molar-refractivity contribution in [1.82, 2.24) is 0 Å². The van der Waals surface area contributed by atoms with Gasteiger partial charge in [0.1, 0.15) is 18.1 Å². The van der Waals surface area contributed by atoms with E-state index in [1.165, 1.54) is 7.11 Å². The Morgan fingerprint density at radius 2 is 2.00 bits per heavy atom. The Hall–Kier alpha value is -2.43. The maximum atomic E-state index is 11.4. The van der Waals surface area contributed by atoms with Gasteiger partial charge in [0.2, 0.25) is 5.76 Å². The van der Waals surface area contributed by atoms with E-state index >= 15 is 0 Å². The molecule has 0 unspecified atom stereocenters. The highest BCUT2D eigenvalue weighted by Crippen LogP contribution is 2.22. The van der Waals surface area contributed by atoms with Crippen molar-refractivity contribution in [2.45, 2.75) is 20.5 Å². The van der Waals surface area contributed by atoms with Gasteiger partial charge in [0.25, 0.3) is 0 Å². The summed E-state index contributed by atoms with van der Waals surface area (Å²) in [6, 6.07) is 7.18. The van der Waals surface area contributed by atoms with Gasteiger partial charge in [0.05, 0.1) is 7.11 Å². The van der Waals surface area contributed by atoms with E-state index in [4.69, 9.17) is 14.9 Å². The number of benzene rings is 1. The van der Waals surface area contributed by atoms with Crippen LogP contribution in [0.25, 0.3) is 0 Å². The molecule has 2 N–H and O–H groups in total. The van der Waals surface area contributed by atoms with Gasteiger partial charge in [-0.15, -0.1) is 0 Å². The molecule has 0 fully saturated rings. The van der Waals surface area contributed by atoms with Gasteiger partial charge in [-0.2, -0.15) is 0 Å². The van der Waals surface area contributed by atoms with Crippen LogP contribution in [0, 0.1) is 13.8 Å². The molecule has 2 rings (SSSR count). The molecule has 0 saturated carbocycles. The van der Waals surface area contributed by atoms with Crippen LogP contribution in [-0.4, -0.2) is 13.1 Å². The highest BCUT2D eigenvalue weighted by molar-refractivity contribution is 5.87. The Kier molecular flexibility index (Phi) is 3.98. The monoisotopic (exact) mass is 275 g/mol. The molecule has 2 aromatic rings. The first kappa shape index (κ1) is 14.0. The van der Waals surface area contributed by atoms with Crippen molar-refractivity contribution in [3.8, 4) is 5.75 Å². The zero-order chi connectivity index (χ0) is 14.7. The number of carbonyl (C=O) groups is 1. The van der Waals surface area contributed by atoms with E-state index in [9.17, 15) is 4.79 Å². The highest BCUT2D eigenvalue weighted by atomic mass is 16.5. The number of ether oxygens (including phenoxy) is 2. The maximum Gasteiger partial charge on any atom is 0.374 e. The summed E-state index contributed by atoms with van der Waals surface area (Å²) in [5, 5.41) is 0. The second kappa shape index (κ2) is 5.69. The number of furan rings is 1. The molecule has 0 aliphatic carbocycles. The first-order chi connectivity index (χ1) is 9.51. The molecule has 0 bridgehead atoms. The molecular formula is C15H17NO4. The second-order valence-corrected chi connectivity index (χ2v) is 4.53. The number of nitrogens with two attached hydrogens (primary N) is 1. The summed E-state index contributed by atoms with van der Waals surface area (Å²) in [6.07, 6.45) is 0. The molecule has 0 atom stereocenters. The smallest absolute Gasteiger partial charge is 0.374 e. The summed E-state index contributed by atoms with van der Waals surface area (Å²) in [5.41, 5.74) is 8.04. The van der Waals surface area contributed by atoms with Crippen LogP contribution in [0.2, 0.25) is 0 Å². The van der Waals surface area contributed by atoms with E-state index in [1.807, 2.05) is 19.1 Å². The third-order valence-corrected chi connectivity index (χ3v) is 2.91. The van der Waals surface area contributed by atoms with Crippen molar-refractivity contribution in [2.24, 2.45) is 0 Å². The minimum atomic E-state index is -0.489. The van der Waals surface area contributed by atoms with Crippen molar-refractivity contribution in [3.63, 3.8) is 0 Å². The Bertz CT molecular complexity index is 631. The van der Waals surface area contributed by atoms with E-state index in [0.29, 0.717) is 11.4 Å². The first-order valence-electron chi connectivity index (χ1n) is 6.18. The van der Waals surface area contributed by atoms with Crippen LogP contribution in [0.15, 0.2) is 28.7 Å². The van der Waals surface area contributed by atoms with Crippen molar-refractivity contribution in [2.75, 3.05) is 12.8 Å². The summed E-state index contributed by atoms with van der Waals surface area (Å²) in [6.45, 7) is 3.94. The number of rotatable bonds is 4. The number of carbonyl (C=O) groups excluding carboxylic acids is 1. The third-order valence-electron chi connectivity index (χ3n) is 2.91. The molecule has 1 aromatic heterocycles. The van der Waals surface area contributed by atoms with Crippen molar-refractivity contribution in [1.29, 1.82) is 0 Å². The average Bonchev–Trinajstić information content (AvgIpc) is 2.78. The molecule has 1 aromatic carbocycles. The standard InChI is InChI=1S/C15H17NO4/c1-9-6-11(16)4-5-13(9)19-8-12-7-10(2)14(20-12)15(17)18-3/h4-7H,8,16H2,1-3H3. The van der Waals surface area contributed by atoms with Crippen molar-refractivity contribution < 1.29 is 18.7 Å². The van der Waals surface area contributed by atoms with Gasteiger partial charge < -0.3 is 19.6 Å². The lowest BCUT2D eigenvalue weighted by Crippen LogP contribution is -2.01. The molecule has 0 aliphatic heterocycles. The molecule has 0 radical (unpaired) electrons. The number of esters is 1. The van der Waals surface area contributed by atoms with Crippen LogP contribution < -0.4 is 10.5 Å². The lowest BCUT2D eigenvalue weighted by Gasteiger charge is -2.08. The molecule has 106 valence electrons. The SMILES string of the molecule is COC(=O)c1oc(COc2ccc(N)cc2C)cc1C. The third kappa shape index (κ3) is 2.93. The van der Waals surface area contributed by atoms with Crippen LogP contribution in [0.3, 0.4) is 0 Å². The topological polar surface area (TPSA) is 74.7 Å². The number of hydrogen-bond acceptors (Lipinski definition) is 5. The van der Waals surface area contributed by atoms with Crippen LogP contribution in [0.5, 0.6) is 5.75 Å². The largest absolute Gasteiger partial charge is 0.485 e. The summed E-state index contributed by atoms with van der Waals surface area (Å²) >= 11 is 0. The molecular weight excluding hydrogens is 258 g/mol. The van der Waals surface area contributed by atoms with Crippen molar-refractivity contribution >= 4 is 11.7 Å². The fourth-order valence-corrected chi connectivity index (χ4v) is 1.90. The quantitative estimate of drug-likeness (QED) is 0.686. The minimum absolute atomic E-state index is 0.208. The molecule has 5 heteroatoms. The molecule has 5 nitrogen and oxygen atoms in total. The van der Waals surface area contributed by atoms with E-state index in [2.05, 4.69) is 4.74 Å². The summed E-state index contributed by atoms with van der Waals surface area (Å²) in [5.74, 6) is 1.02. The normalized spacial score (nSPS) is 10.3. The van der Waals surface area contributed by atoms with Gasteiger partial charge in [-0.25, -0.2) is 4.79 Å². The van der Waals surface area contributed by atoms with Crippen LogP contribution in [0.4, 0.5) is 5.69 Å². The van der Waals surface area contributed by atoms with E-state index < -0.39 is 5.97 Å². The number of aryl methyl sites for hydroxylation is 2. The number of methoxy groups -OCH3 is 1. The predicted octanol–water partition coefficient (Wildman–Crippen LogP) is 2.84. The van der Waals surface area contributed by atoms with Gasteiger partial charge in [-0.1, -0.05) is 0 Å². The highest BCUT2D eigenvalue weighted by Gasteiger charge is 2.16. The van der Waals surface area contributed by atoms with Gasteiger partial charge in [0.15, 0.2) is 0 Å². The number of hydrogen-bond donors (Lipinski definition) is 1. The van der Waals surface area contributed by atoms with Crippen LogP contribution in [0.1, 0.15) is 27.4 Å². The van der Waals surface area contributed by atoms with Crippen molar-refractivity contribution in [3.05, 3.63) is 46.9 Å². The van der Waals surface area contributed by atoms with Gasteiger partial charge >= 0.3 is 5.97 Å². The minimum Gasteiger partial charge on any atom is -0.485 e. The zero-order valence-corrected chi connectivity index (χ0v) is 11.7. The number of nitrogen functional groups attached to an aromatic ring is 1. The molecule has 20 heavy (non-hydrogen) atoms. The molecule has 0 aliphatic rings. The Morgan fingerprint density at radius 1 is 1.25 bits per heavy atom. The summed E-state index contributed by atoms with van der Waals surface area (Å²) in [7, 11) is 1.32. The first-order valence-corrected chi connectivity index (χ1v) is 6.18. The fraction of sp³-hybridized carbons (Fsp3) is 0.267. The zero-order valence-electron chi connectivity index (χ0n) is 11.7.